The number of Topliss-reactive ketones (excluding diaryl/α,β-unsaturated/α-hetero) is 3. The largest absolute Gasteiger partial charge is 0.300 e. The zero-order valence-corrected chi connectivity index (χ0v) is 23.9. The second-order valence-electron chi connectivity index (χ2n) is 12.3. The average Bonchev–Trinajstić information content (AvgIpc) is 3.32. The molecule has 3 rings (SSSR count). The van der Waals surface area contributed by atoms with Gasteiger partial charge in [-0.05, 0) is 91.9 Å². The monoisotopic (exact) mass is 494 g/mol. The number of fused-ring (bicyclic) bond motifs is 1. The SMILES string of the molecule is CCCC(CC1CC(=O)c2c(C)c(CCC3CCCC3)cc(C(C)C)c2C1)C(CC)C(=O)CC(C)=O. The van der Waals surface area contributed by atoms with Gasteiger partial charge in [-0.3, -0.25) is 14.4 Å². The van der Waals surface area contributed by atoms with Crippen molar-refractivity contribution in [2.45, 2.75) is 131 Å². The van der Waals surface area contributed by atoms with E-state index in [0.29, 0.717) is 18.1 Å². The van der Waals surface area contributed by atoms with E-state index >= 15 is 0 Å². The molecule has 0 spiro atoms. The van der Waals surface area contributed by atoms with Crippen LogP contribution in [0, 0.1) is 30.6 Å². The molecule has 0 aliphatic heterocycles. The van der Waals surface area contributed by atoms with Crippen LogP contribution in [0.15, 0.2) is 6.07 Å². The quantitative estimate of drug-likeness (QED) is 0.259. The fraction of sp³-hybridized carbons (Fsp3) is 0.727. The second kappa shape index (κ2) is 13.2. The van der Waals surface area contributed by atoms with E-state index in [4.69, 9.17) is 0 Å². The summed E-state index contributed by atoms with van der Waals surface area (Å²) in [6, 6.07) is 2.43. The van der Waals surface area contributed by atoms with Gasteiger partial charge in [0, 0.05) is 17.9 Å². The first-order chi connectivity index (χ1) is 17.2. The van der Waals surface area contributed by atoms with Crippen LogP contribution < -0.4 is 0 Å². The van der Waals surface area contributed by atoms with Crippen LogP contribution in [0.4, 0.5) is 0 Å². The Morgan fingerprint density at radius 3 is 2.33 bits per heavy atom. The normalized spacial score (nSPS) is 20.0. The van der Waals surface area contributed by atoms with E-state index in [2.05, 4.69) is 40.7 Å². The molecule has 2 aliphatic carbocycles. The van der Waals surface area contributed by atoms with Crippen molar-refractivity contribution in [3.63, 3.8) is 0 Å². The van der Waals surface area contributed by atoms with Crippen molar-refractivity contribution in [1.29, 1.82) is 0 Å². The van der Waals surface area contributed by atoms with Crippen LogP contribution in [0.2, 0.25) is 0 Å². The Kier molecular flexibility index (Phi) is 10.5. The second-order valence-corrected chi connectivity index (χ2v) is 12.3. The van der Waals surface area contributed by atoms with Gasteiger partial charge in [-0.15, -0.1) is 0 Å². The lowest BCUT2D eigenvalue weighted by Gasteiger charge is -2.33. The highest BCUT2D eigenvalue weighted by atomic mass is 16.1. The maximum absolute atomic E-state index is 13.7. The first kappa shape index (κ1) is 28.8. The van der Waals surface area contributed by atoms with Crippen molar-refractivity contribution >= 4 is 17.3 Å². The van der Waals surface area contributed by atoms with Gasteiger partial charge in [0.2, 0.25) is 0 Å². The van der Waals surface area contributed by atoms with Gasteiger partial charge in [0.15, 0.2) is 5.78 Å². The van der Waals surface area contributed by atoms with Crippen molar-refractivity contribution in [2.24, 2.45) is 23.7 Å². The molecule has 1 aromatic carbocycles. The fourth-order valence-electron chi connectivity index (χ4n) is 7.32. The molecule has 200 valence electrons. The smallest absolute Gasteiger partial charge is 0.163 e. The van der Waals surface area contributed by atoms with Gasteiger partial charge in [0.05, 0.1) is 6.42 Å². The first-order valence-electron chi connectivity index (χ1n) is 14.9. The molecule has 2 aliphatic rings. The minimum absolute atomic E-state index is 0.0451. The molecule has 0 saturated heterocycles. The summed E-state index contributed by atoms with van der Waals surface area (Å²) >= 11 is 0. The zero-order chi connectivity index (χ0) is 26.4. The maximum atomic E-state index is 13.7. The van der Waals surface area contributed by atoms with Crippen LogP contribution in [0.25, 0.3) is 0 Å². The Hall–Kier alpha value is -1.77. The molecule has 0 radical (unpaired) electrons. The Labute approximate surface area is 220 Å². The summed E-state index contributed by atoms with van der Waals surface area (Å²) in [7, 11) is 0. The molecule has 0 aromatic heterocycles. The number of carbonyl (C=O) groups excluding carboxylic acids is 3. The number of hydrogen-bond acceptors (Lipinski definition) is 3. The van der Waals surface area contributed by atoms with Crippen molar-refractivity contribution in [2.75, 3.05) is 0 Å². The summed E-state index contributed by atoms with van der Waals surface area (Å²) in [5, 5.41) is 0. The van der Waals surface area contributed by atoms with E-state index in [1.807, 2.05) is 0 Å². The standard InChI is InChI=1S/C33H50O3/c1-7-11-27(28(8-2)31(35)16-22(5)34)17-25-18-30-29(21(3)4)20-26(15-14-24-12-9-10-13-24)23(6)33(30)32(36)19-25/h20-21,24-25,27-28H,7-19H2,1-6H3. The number of aryl methyl sites for hydroxylation is 1. The average molecular weight is 495 g/mol. The van der Waals surface area contributed by atoms with E-state index in [1.54, 1.807) is 0 Å². The molecule has 3 nitrogen and oxygen atoms in total. The molecule has 0 amide bonds. The lowest BCUT2D eigenvalue weighted by molar-refractivity contribution is -0.129. The van der Waals surface area contributed by atoms with Gasteiger partial charge in [0.1, 0.15) is 11.6 Å². The Morgan fingerprint density at radius 1 is 1.06 bits per heavy atom. The molecule has 0 N–H and O–H groups in total. The van der Waals surface area contributed by atoms with Crippen LogP contribution in [0.1, 0.15) is 144 Å². The van der Waals surface area contributed by atoms with Crippen molar-refractivity contribution in [3.05, 3.63) is 33.9 Å². The molecule has 3 atom stereocenters. The fourth-order valence-corrected chi connectivity index (χ4v) is 7.32. The Morgan fingerprint density at radius 2 is 1.75 bits per heavy atom. The Bertz CT molecular complexity index is 935. The summed E-state index contributed by atoms with van der Waals surface area (Å²) < 4.78 is 0. The van der Waals surface area contributed by atoms with Crippen LogP contribution in [0.3, 0.4) is 0 Å². The minimum Gasteiger partial charge on any atom is -0.300 e. The van der Waals surface area contributed by atoms with Crippen LogP contribution in [-0.2, 0) is 22.4 Å². The summed E-state index contributed by atoms with van der Waals surface area (Å²) in [5.74, 6) is 2.06. The van der Waals surface area contributed by atoms with Crippen LogP contribution >= 0.6 is 0 Å². The van der Waals surface area contributed by atoms with Crippen LogP contribution in [-0.4, -0.2) is 17.3 Å². The summed E-state index contributed by atoms with van der Waals surface area (Å²) in [5.41, 5.74) is 6.28. The van der Waals surface area contributed by atoms with Crippen molar-refractivity contribution < 1.29 is 14.4 Å². The van der Waals surface area contributed by atoms with E-state index < -0.39 is 0 Å². The molecule has 36 heavy (non-hydrogen) atoms. The van der Waals surface area contributed by atoms with Gasteiger partial charge in [-0.1, -0.05) is 72.3 Å². The number of carbonyl (C=O) groups is 3. The number of rotatable bonds is 13. The minimum atomic E-state index is -0.0744. The number of benzene rings is 1. The van der Waals surface area contributed by atoms with Gasteiger partial charge < -0.3 is 0 Å². The van der Waals surface area contributed by atoms with Gasteiger partial charge >= 0.3 is 0 Å². The van der Waals surface area contributed by atoms with E-state index in [1.165, 1.54) is 61.3 Å². The van der Waals surface area contributed by atoms with Crippen molar-refractivity contribution in [3.8, 4) is 0 Å². The predicted octanol–water partition coefficient (Wildman–Crippen LogP) is 8.37. The number of ketones is 3. The molecule has 3 heteroatoms. The summed E-state index contributed by atoms with van der Waals surface area (Å²) in [6.07, 6.45) is 13.1. The summed E-state index contributed by atoms with van der Waals surface area (Å²) in [6.45, 7) is 12.4. The molecule has 0 heterocycles. The highest BCUT2D eigenvalue weighted by Gasteiger charge is 2.34. The van der Waals surface area contributed by atoms with Crippen LogP contribution in [0.5, 0.6) is 0 Å². The topological polar surface area (TPSA) is 51.2 Å². The Balaban J connectivity index is 1.85. The molecule has 0 bridgehead atoms. The van der Waals surface area contributed by atoms with E-state index in [0.717, 1.165) is 50.0 Å². The highest BCUT2D eigenvalue weighted by Crippen LogP contribution is 2.40. The maximum Gasteiger partial charge on any atom is 0.163 e. The molecule has 1 aromatic rings. The lowest BCUT2D eigenvalue weighted by Crippen LogP contribution is -2.30. The van der Waals surface area contributed by atoms with E-state index in [9.17, 15) is 14.4 Å². The molecule has 1 fully saturated rings. The third kappa shape index (κ3) is 6.95. The van der Waals surface area contributed by atoms with Gasteiger partial charge in [-0.25, -0.2) is 0 Å². The predicted molar refractivity (Wildman–Crippen MR) is 149 cm³/mol. The molecular formula is C33H50O3. The number of hydrogen-bond donors (Lipinski definition) is 0. The van der Waals surface area contributed by atoms with E-state index in [-0.39, 0.29) is 35.7 Å². The van der Waals surface area contributed by atoms with Gasteiger partial charge in [-0.2, -0.15) is 0 Å². The third-order valence-corrected chi connectivity index (χ3v) is 9.14. The first-order valence-corrected chi connectivity index (χ1v) is 14.9. The third-order valence-electron chi connectivity index (χ3n) is 9.14. The molecular weight excluding hydrogens is 444 g/mol. The molecule has 1 saturated carbocycles. The summed E-state index contributed by atoms with van der Waals surface area (Å²) in [4.78, 5) is 38.2. The highest BCUT2D eigenvalue weighted by molar-refractivity contribution is 6.01. The van der Waals surface area contributed by atoms with Gasteiger partial charge in [0.25, 0.3) is 0 Å². The zero-order valence-electron chi connectivity index (χ0n) is 23.9. The lowest BCUT2D eigenvalue weighted by atomic mass is 9.70. The van der Waals surface area contributed by atoms with Crippen molar-refractivity contribution in [1.82, 2.24) is 0 Å². The molecule has 3 unspecified atom stereocenters.